The van der Waals surface area contributed by atoms with Crippen LogP contribution in [0.4, 0.5) is 17.1 Å². The summed E-state index contributed by atoms with van der Waals surface area (Å²) in [6, 6.07) is 14.3. The van der Waals surface area contributed by atoms with E-state index >= 15 is 0 Å². The van der Waals surface area contributed by atoms with E-state index < -0.39 is 10.6 Å². The summed E-state index contributed by atoms with van der Waals surface area (Å²) in [7, 11) is 7.89. The first kappa shape index (κ1) is 35.7. The van der Waals surface area contributed by atoms with Gasteiger partial charge in [0.05, 0.1) is 39.1 Å². The predicted molar refractivity (Wildman–Crippen MR) is 174 cm³/mol. The third-order valence-corrected chi connectivity index (χ3v) is 6.10. The number of hydrogen-bond acceptors (Lipinski definition) is 13. The highest BCUT2D eigenvalue weighted by Crippen LogP contribution is 2.37. The normalized spacial score (nSPS) is 11.7. The van der Waals surface area contributed by atoms with Gasteiger partial charge in [0.15, 0.2) is 11.6 Å². The van der Waals surface area contributed by atoms with Gasteiger partial charge in [-0.2, -0.15) is 0 Å². The Morgan fingerprint density at radius 3 is 1.36 bits per heavy atom. The van der Waals surface area contributed by atoms with Crippen LogP contribution in [0.2, 0.25) is 0 Å². The fourth-order valence-corrected chi connectivity index (χ4v) is 3.90. The Labute approximate surface area is 262 Å². The van der Waals surface area contributed by atoms with Crippen LogP contribution in [0.3, 0.4) is 0 Å². The molecule has 45 heavy (non-hydrogen) atoms. The highest BCUT2D eigenvalue weighted by molar-refractivity contribution is 7.59. The van der Waals surface area contributed by atoms with Crippen molar-refractivity contribution in [3.05, 3.63) is 72.3 Å². The fraction of sp³-hybridized carbons (Fsp3) is 0.226. The second-order valence-electron chi connectivity index (χ2n) is 10.2. The van der Waals surface area contributed by atoms with Gasteiger partial charge in [-0.05, 0) is 43.4 Å². The van der Waals surface area contributed by atoms with Crippen molar-refractivity contribution in [3.8, 4) is 17.2 Å². The summed E-state index contributed by atoms with van der Waals surface area (Å²) >= 11 is 0. The first-order chi connectivity index (χ1) is 21.0. The van der Waals surface area contributed by atoms with Crippen molar-refractivity contribution in [1.29, 1.82) is 0 Å². The smallest absolute Gasteiger partial charge is 0.425 e. The van der Waals surface area contributed by atoms with Gasteiger partial charge in [-0.3, -0.25) is 9.59 Å². The SMILES string of the molecule is CC1=CC(=O)C=CC1=O.CN(C)c1cc(O)c(N(C)C)cc1O.CN(C)c1cc2nc3ccccc3nc2cc1O.O=S(=O)=O. The van der Waals surface area contributed by atoms with Crippen molar-refractivity contribution < 1.29 is 37.5 Å². The Morgan fingerprint density at radius 1 is 0.600 bits per heavy atom. The van der Waals surface area contributed by atoms with E-state index in [1.54, 1.807) is 34.9 Å². The monoisotopic (exact) mass is 637 g/mol. The molecule has 1 aliphatic carbocycles. The molecule has 238 valence electrons. The van der Waals surface area contributed by atoms with Crippen LogP contribution in [0.25, 0.3) is 22.1 Å². The third kappa shape index (κ3) is 10.3. The first-order valence-corrected chi connectivity index (χ1v) is 14.2. The number of carbonyl (C=O) groups excluding carboxylic acids is 2. The number of para-hydroxylation sites is 2. The summed E-state index contributed by atoms with van der Waals surface area (Å²) in [4.78, 5) is 35.5. The number of nitrogens with zero attached hydrogens (tertiary/aromatic N) is 5. The number of phenols is 3. The maximum Gasteiger partial charge on any atom is 0.425 e. The van der Waals surface area contributed by atoms with E-state index in [9.17, 15) is 24.9 Å². The average molecular weight is 638 g/mol. The van der Waals surface area contributed by atoms with Gasteiger partial charge >= 0.3 is 10.6 Å². The van der Waals surface area contributed by atoms with Gasteiger partial charge in [0.2, 0.25) is 0 Å². The maximum absolute atomic E-state index is 10.6. The maximum atomic E-state index is 10.6. The molecule has 4 aromatic rings. The Bertz CT molecular complexity index is 1850. The molecule has 0 fully saturated rings. The molecule has 3 N–H and O–H groups in total. The molecule has 14 heteroatoms. The summed E-state index contributed by atoms with van der Waals surface area (Å²) in [5.74, 6) is 0.367. The molecule has 1 aromatic heterocycles. The minimum atomic E-state index is -3.11. The number of aromatic nitrogens is 2. The molecule has 13 nitrogen and oxygen atoms in total. The molecule has 0 radical (unpaired) electrons. The number of allylic oxidation sites excluding steroid dienone is 4. The second kappa shape index (κ2) is 15.8. The fourth-order valence-electron chi connectivity index (χ4n) is 3.90. The number of rotatable bonds is 3. The van der Waals surface area contributed by atoms with Crippen LogP contribution in [0.5, 0.6) is 17.2 Å². The molecule has 0 atom stereocenters. The first-order valence-electron chi connectivity index (χ1n) is 13.2. The topological polar surface area (TPSA) is 182 Å². The van der Waals surface area contributed by atoms with Gasteiger partial charge < -0.3 is 30.0 Å². The van der Waals surface area contributed by atoms with Crippen LogP contribution in [-0.2, 0) is 20.2 Å². The lowest BCUT2D eigenvalue weighted by Gasteiger charge is -2.19. The molecule has 5 rings (SSSR count). The zero-order valence-electron chi connectivity index (χ0n) is 25.9. The van der Waals surface area contributed by atoms with Gasteiger partial charge in [-0.15, -0.1) is 12.6 Å². The lowest BCUT2D eigenvalue weighted by Crippen LogP contribution is -2.11. The molecule has 0 saturated heterocycles. The number of fused-ring (bicyclic) bond motifs is 2. The van der Waals surface area contributed by atoms with Crippen molar-refractivity contribution in [1.82, 2.24) is 9.97 Å². The molecule has 0 bridgehead atoms. The molecule has 0 spiro atoms. The lowest BCUT2D eigenvalue weighted by molar-refractivity contribution is -0.114. The molecular formula is C31H35N5O8S. The lowest BCUT2D eigenvalue weighted by atomic mass is 10.1. The average Bonchev–Trinajstić information content (AvgIpc) is 2.94. The third-order valence-electron chi connectivity index (χ3n) is 6.10. The summed E-state index contributed by atoms with van der Waals surface area (Å²) < 4.78 is 25.3. The van der Waals surface area contributed by atoms with E-state index in [4.69, 9.17) is 12.6 Å². The zero-order chi connectivity index (χ0) is 34.0. The van der Waals surface area contributed by atoms with E-state index in [1.165, 1.54) is 18.2 Å². The van der Waals surface area contributed by atoms with Crippen molar-refractivity contribution in [2.24, 2.45) is 0 Å². The van der Waals surface area contributed by atoms with Crippen LogP contribution in [-0.4, -0.2) is 91.8 Å². The van der Waals surface area contributed by atoms with Gasteiger partial charge in [-0.1, -0.05) is 12.1 Å². The number of benzene rings is 3. The minimum absolute atomic E-state index is 0.0744. The molecule has 0 aliphatic heterocycles. The number of aromatic hydroxyl groups is 3. The quantitative estimate of drug-likeness (QED) is 0.169. The van der Waals surface area contributed by atoms with Crippen molar-refractivity contribution in [3.63, 3.8) is 0 Å². The zero-order valence-corrected chi connectivity index (χ0v) is 26.7. The highest BCUT2D eigenvalue weighted by atomic mass is 32.2. The molecule has 3 aromatic carbocycles. The van der Waals surface area contributed by atoms with Crippen LogP contribution in [0.1, 0.15) is 6.92 Å². The van der Waals surface area contributed by atoms with Crippen LogP contribution < -0.4 is 14.7 Å². The van der Waals surface area contributed by atoms with Crippen LogP contribution in [0, 0.1) is 0 Å². The summed E-state index contributed by atoms with van der Waals surface area (Å²) in [6.07, 6.45) is 3.90. The summed E-state index contributed by atoms with van der Waals surface area (Å²) in [5, 5.41) is 29.3. The van der Waals surface area contributed by atoms with Crippen molar-refractivity contribution in [2.45, 2.75) is 6.92 Å². The van der Waals surface area contributed by atoms with Gasteiger partial charge in [-0.25, -0.2) is 9.97 Å². The number of ketones is 2. The van der Waals surface area contributed by atoms with E-state index in [2.05, 4.69) is 9.97 Å². The predicted octanol–water partition coefficient (Wildman–Crippen LogP) is 3.42. The molecule has 0 saturated carbocycles. The van der Waals surface area contributed by atoms with E-state index in [-0.39, 0.29) is 28.8 Å². The van der Waals surface area contributed by atoms with E-state index in [1.807, 2.05) is 77.5 Å². The van der Waals surface area contributed by atoms with Crippen LogP contribution >= 0.6 is 0 Å². The molecular weight excluding hydrogens is 602 g/mol. The molecule has 0 amide bonds. The Hall–Kier alpha value is -5.50. The van der Waals surface area contributed by atoms with Gasteiger partial charge in [0, 0.05) is 66.1 Å². The largest absolute Gasteiger partial charge is 0.506 e. The highest BCUT2D eigenvalue weighted by Gasteiger charge is 2.11. The minimum Gasteiger partial charge on any atom is -0.506 e. The molecule has 1 heterocycles. The van der Waals surface area contributed by atoms with Crippen molar-refractivity contribution in [2.75, 3.05) is 57.0 Å². The number of carbonyl (C=O) groups is 2. The second-order valence-corrected chi connectivity index (χ2v) is 10.6. The van der Waals surface area contributed by atoms with E-state index in [0.717, 1.165) is 22.2 Å². The Balaban J connectivity index is 0.000000232. The Morgan fingerprint density at radius 2 is 0.978 bits per heavy atom. The standard InChI is InChI=1S/C14H13N3O.C10H16N2O2.C7H6O2.O3S/c1-17(2)13-7-11-12(8-14(13)18)16-10-6-4-3-5-9(10)15-11;1-11(2)7-5-10(14)8(12(3)4)6-9(7)13;1-5-4-6(8)2-3-7(5)9;1-4(2)3/h3-8,18H,1-2H3;5-6,13-14H,1-4H3;2-4H,1H3;. The van der Waals surface area contributed by atoms with Crippen LogP contribution in [0.15, 0.2) is 72.3 Å². The van der Waals surface area contributed by atoms with Crippen molar-refractivity contribution >= 4 is 61.3 Å². The van der Waals surface area contributed by atoms with Gasteiger partial charge in [0.1, 0.15) is 17.2 Å². The van der Waals surface area contributed by atoms with Gasteiger partial charge in [0.25, 0.3) is 0 Å². The molecule has 1 aliphatic rings. The Kier molecular flexibility index (Phi) is 12.5. The number of hydrogen-bond donors (Lipinski definition) is 3. The number of phenolic OH excluding ortho intramolecular Hbond substituents is 3. The number of anilines is 3. The molecule has 0 unspecified atom stereocenters. The summed E-state index contributed by atoms with van der Waals surface area (Å²) in [6.45, 7) is 1.63. The van der Waals surface area contributed by atoms with E-state index in [0.29, 0.717) is 22.5 Å². The summed E-state index contributed by atoms with van der Waals surface area (Å²) in [5.41, 5.74) is 5.66.